The molecule has 0 aromatic heterocycles. The molecule has 0 aliphatic carbocycles. The summed E-state index contributed by atoms with van der Waals surface area (Å²) in [6.45, 7) is 0. The first-order valence-corrected chi connectivity index (χ1v) is 9.54. The van der Waals surface area contributed by atoms with Gasteiger partial charge in [0.25, 0.3) is 0 Å². The van der Waals surface area contributed by atoms with Crippen molar-refractivity contribution in [2.45, 2.75) is 0 Å². The Balaban J connectivity index is 1.77. The molecule has 1 nitrogen and oxygen atoms in total. The van der Waals surface area contributed by atoms with E-state index < -0.39 is 0 Å². The third-order valence-corrected chi connectivity index (χ3v) is 5.12. The molecule has 0 saturated carbocycles. The lowest BCUT2D eigenvalue weighted by atomic mass is 9.91. The van der Waals surface area contributed by atoms with Crippen LogP contribution in [0.25, 0.3) is 22.3 Å². The van der Waals surface area contributed by atoms with Crippen molar-refractivity contribution in [2.24, 2.45) is 0 Å². The van der Waals surface area contributed by atoms with Crippen molar-refractivity contribution in [2.75, 3.05) is 0 Å². The number of ketones is 1. The molecule has 0 radical (unpaired) electrons. The fourth-order valence-electron chi connectivity index (χ4n) is 3.35. The molecule has 0 fully saturated rings. The van der Waals surface area contributed by atoms with E-state index in [2.05, 4.69) is 0 Å². The van der Waals surface area contributed by atoms with E-state index in [-0.39, 0.29) is 5.78 Å². The van der Waals surface area contributed by atoms with Gasteiger partial charge in [0.15, 0.2) is 0 Å². The number of hydrogen-bond donors (Lipinski definition) is 0. The zero-order chi connectivity index (χ0) is 19.3. The molecule has 0 aliphatic rings. The highest BCUT2D eigenvalue weighted by molar-refractivity contribution is 7.82. The Morgan fingerprint density at radius 1 is 0.500 bits per heavy atom. The molecule has 28 heavy (non-hydrogen) atoms. The maximum atomic E-state index is 13.4. The van der Waals surface area contributed by atoms with Crippen LogP contribution in [0.15, 0.2) is 109 Å². The number of benzene rings is 4. The third-order valence-electron chi connectivity index (χ3n) is 4.72. The highest BCUT2D eigenvalue weighted by atomic mass is 32.1. The number of hydrogen-bond acceptors (Lipinski definition) is 2. The quantitative estimate of drug-likeness (QED) is 0.287. The van der Waals surface area contributed by atoms with Gasteiger partial charge in [-0.2, -0.15) is 0 Å². The van der Waals surface area contributed by atoms with Gasteiger partial charge in [0.05, 0.1) is 4.86 Å². The molecule has 134 valence electrons. The van der Waals surface area contributed by atoms with E-state index >= 15 is 0 Å². The summed E-state index contributed by atoms with van der Waals surface area (Å²) in [5.74, 6) is -0.127. The molecule has 2 heteroatoms. The molecule has 4 aromatic rings. The number of carbonyl (C=O) groups is 1. The molecule has 0 atom stereocenters. The molecule has 0 saturated heterocycles. The van der Waals surface area contributed by atoms with Gasteiger partial charge in [-0.3, -0.25) is 4.79 Å². The van der Waals surface area contributed by atoms with Crippen molar-refractivity contribution >= 4 is 22.9 Å². The summed E-state index contributed by atoms with van der Waals surface area (Å²) in [5.41, 5.74) is 5.33. The van der Waals surface area contributed by atoms with Crippen LogP contribution in [-0.2, 0) is 0 Å². The smallest absolute Gasteiger partial charge is 0.205 e. The highest BCUT2D eigenvalue weighted by Gasteiger charge is 2.20. The van der Waals surface area contributed by atoms with Crippen molar-refractivity contribution in [1.29, 1.82) is 0 Å². The van der Waals surface area contributed by atoms with Gasteiger partial charge in [-0.05, 0) is 22.3 Å². The molecule has 0 bridgehead atoms. The summed E-state index contributed by atoms with van der Waals surface area (Å²) in [6, 6.07) is 35.4. The lowest BCUT2D eigenvalue weighted by molar-refractivity contribution is 0.106. The summed E-state index contributed by atoms with van der Waals surface area (Å²) >= 11 is 5.67. The number of thiocarbonyl (C=S) groups is 1. The van der Waals surface area contributed by atoms with Crippen LogP contribution in [0.4, 0.5) is 0 Å². The van der Waals surface area contributed by atoms with Crippen LogP contribution < -0.4 is 0 Å². The molecule has 0 N–H and O–H groups in total. The van der Waals surface area contributed by atoms with Crippen molar-refractivity contribution in [3.05, 3.63) is 120 Å². The monoisotopic (exact) mass is 378 g/mol. The summed E-state index contributed by atoms with van der Waals surface area (Å²) in [5, 5.41) is 0. The van der Waals surface area contributed by atoms with E-state index in [0.29, 0.717) is 10.4 Å². The Kier molecular flexibility index (Phi) is 5.22. The van der Waals surface area contributed by atoms with E-state index in [1.165, 1.54) is 0 Å². The Morgan fingerprint density at radius 3 is 1.43 bits per heavy atom. The van der Waals surface area contributed by atoms with Crippen LogP contribution in [0.2, 0.25) is 0 Å². The standard InChI is InChI=1S/C26H18OS/c27-25(23-17-9-7-15-21(23)19-11-3-1-4-12-19)26(28)24-18-10-8-16-22(24)20-13-5-2-6-14-20/h1-18H. The van der Waals surface area contributed by atoms with Gasteiger partial charge >= 0.3 is 0 Å². The van der Waals surface area contributed by atoms with Crippen molar-refractivity contribution in [3.63, 3.8) is 0 Å². The van der Waals surface area contributed by atoms with E-state index in [0.717, 1.165) is 27.8 Å². The summed E-state index contributed by atoms with van der Waals surface area (Å²) in [7, 11) is 0. The zero-order valence-electron chi connectivity index (χ0n) is 15.2. The van der Waals surface area contributed by atoms with Gasteiger partial charge in [0.2, 0.25) is 5.78 Å². The van der Waals surface area contributed by atoms with Crippen LogP contribution in [0.3, 0.4) is 0 Å². The Labute approximate surface area is 170 Å². The molecule has 0 heterocycles. The average molecular weight is 378 g/mol. The minimum Gasteiger partial charge on any atom is -0.288 e. The number of rotatable bonds is 5. The minimum atomic E-state index is -0.127. The van der Waals surface area contributed by atoms with E-state index in [1.807, 2.05) is 109 Å². The van der Waals surface area contributed by atoms with Gasteiger partial charge in [-0.25, -0.2) is 0 Å². The van der Waals surface area contributed by atoms with Crippen LogP contribution in [0.1, 0.15) is 15.9 Å². The van der Waals surface area contributed by atoms with Crippen molar-refractivity contribution < 1.29 is 4.79 Å². The molecule has 4 rings (SSSR count). The Bertz CT molecular complexity index is 1040. The second kappa shape index (κ2) is 8.12. The largest absolute Gasteiger partial charge is 0.288 e. The van der Waals surface area contributed by atoms with Gasteiger partial charge in [0, 0.05) is 11.1 Å². The first-order valence-electron chi connectivity index (χ1n) is 9.13. The number of Topliss-reactive ketones (excluding diaryl/α,β-unsaturated/α-hetero) is 1. The first-order chi connectivity index (χ1) is 13.8. The Hall–Kier alpha value is -3.36. The van der Waals surface area contributed by atoms with Gasteiger partial charge in [0.1, 0.15) is 0 Å². The van der Waals surface area contributed by atoms with Crippen LogP contribution >= 0.6 is 12.2 Å². The summed E-state index contributed by atoms with van der Waals surface area (Å²) < 4.78 is 0. The summed E-state index contributed by atoms with van der Waals surface area (Å²) in [6.07, 6.45) is 0. The molecule has 0 amide bonds. The fraction of sp³-hybridized carbons (Fsp3) is 0. The predicted octanol–water partition coefficient (Wildman–Crippen LogP) is 6.62. The lowest BCUT2D eigenvalue weighted by Crippen LogP contribution is -2.15. The van der Waals surface area contributed by atoms with Crippen LogP contribution in [0.5, 0.6) is 0 Å². The maximum absolute atomic E-state index is 13.4. The molecule has 4 aromatic carbocycles. The first kappa shape index (κ1) is 18.0. The molecule has 0 unspecified atom stereocenters. The van der Waals surface area contributed by atoms with E-state index in [1.54, 1.807) is 0 Å². The second-order valence-electron chi connectivity index (χ2n) is 6.48. The van der Waals surface area contributed by atoms with Crippen LogP contribution in [0, 0.1) is 0 Å². The number of carbonyl (C=O) groups excluding carboxylic acids is 1. The molecular formula is C26H18OS. The zero-order valence-corrected chi connectivity index (χ0v) is 16.0. The van der Waals surface area contributed by atoms with Crippen molar-refractivity contribution in [1.82, 2.24) is 0 Å². The average Bonchev–Trinajstić information content (AvgIpc) is 2.79. The molecule has 0 aliphatic heterocycles. The third kappa shape index (κ3) is 3.55. The minimum absolute atomic E-state index is 0.127. The van der Waals surface area contributed by atoms with E-state index in [4.69, 9.17) is 12.2 Å². The van der Waals surface area contributed by atoms with Gasteiger partial charge in [-0.1, -0.05) is 121 Å². The maximum Gasteiger partial charge on any atom is 0.205 e. The summed E-state index contributed by atoms with van der Waals surface area (Å²) in [4.78, 5) is 13.7. The van der Waals surface area contributed by atoms with Crippen molar-refractivity contribution in [3.8, 4) is 22.3 Å². The topological polar surface area (TPSA) is 17.1 Å². The lowest BCUT2D eigenvalue weighted by Gasteiger charge is -2.13. The predicted molar refractivity (Wildman–Crippen MR) is 120 cm³/mol. The Morgan fingerprint density at radius 2 is 0.893 bits per heavy atom. The SMILES string of the molecule is O=C(C(=S)c1ccccc1-c1ccccc1)c1ccccc1-c1ccccc1. The second-order valence-corrected chi connectivity index (χ2v) is 6.89. The normalized spacial score (nSPS) is 10.4. The van der Waals surface area contributed by atoms with Gasteiger partial charge < -0.3 is 0 Å². The highest BCUT2D eigenvalue weighted by Crippen LogP contribution is 2.28. The van der Waals surface area contributed by atoms with Gasteiger partial charge in [-0.15, -0.1) is 0 Å². The van der Waals surface area contributed by atoms with Crippen LogP contribution in [-0.4, -0.2) is 10.6 Å². The fourth-order valence-corrected chi connectivity index (χ4v) is 3.63. The van der Waals surface area contributed by atoms with E-state index in [9.17, 15) is 4.79 Å². The molecular weight excluding hydrogens is 360 g/mol. The molecule has 0 spiro atoms.